The summed E-state index contributed by atoms with van der Waals surface area (Å²) in [7, 11) is 0. The minimum atomic E-state index is 0.0801. The van der Waals surface area contributed by atoms with Gasteiger partial charge in [0.15, 0.2) is 0 Å². The maximum Gasteiger partial charge on any atom is 0.228 e. The third-order valence-electron chi connectivity index (χ3n) is 3.87. The maximum absolute atomic E-state index is 12.1. The highest BCUT2D eigenvalue weighted by atomic mass is 79.9. The quantitative estimate of drug-likeness (QED) is 0.858. The van der Waals surface area contributed by atoms with Crippen LogP contribution in [-0.4, -0.2) is 35.0 Å². The highest BCUT2D eigenvalue weighted by Crippen LogP contribution is 2.29. The molecule has 2 heterocycles. The predicted molar refractivity (Wildman–Crippen MR) is 74.9 cm³/mol. The van der Waals surface area contributed by atoms with Gasteiger partial charge in [-0.2, -0.15) is 0 Å². The molecule has 0 bridgehead atoms. The van der Waals surface area contributed by atoms with Crippen LogP contribution in [0.4, 0.5) is 0 Å². The van der Waals surface area contributed by atoms with Crippen LogP contribution in [0.2, 0.25) is 0 Å². The van der Waals surface area contributed by atoms with Crippen LogP contribution in [0.25, 0.3) is 0 Å². The summed E-state index contributed by atoms with van der Waals surface area (Å²) >= 11 is 3.41. The number of amides is 1. The molecular weight excluding hydrogens is 308 g/mol. The number of nitrogens with zero attached hydrogens (tertiary/aromatic N) is 2. The molecule has 2 aliphatic rings. The van der Waals surface area contributed by atoms with Crippen LogP contribution in [0.1, 0.15) is 25.7 Å². The fraction of sp³-hybridized carbons (Fsp3) is 0.571. The Hall–Kier alpha value is -1.10. The fourth-order valence-corrected chi connectivity index (χ4v) is 3.09. The van der Waals surface area contributed by atoms with Crippen LogP contribution in [-0.2, 0) is 4.79 Å². The molecule has 0 N–H and O–H groups in total. The van der Waals surface area contributed by atoms with Gasteiger partial charge in [-0.05, 0) is 40.9 Å². The number of carbonyl (C=O) groups excluding carboxylic acids is 1. The molecule has 0 atom stereocenters. The van der Waals surface area contributed by atoms with Crippen molar-refractivity contribution >= 4 is 21.8 Å². The first-order chi connectivity index (χ1) is 9.24. The minimum Gasteiger partial charge on any atom is -0.470 e. The molecule has 2 fully saturated rings. The van der Waals surface area contributed by atoms with Gasteiger partial charge in [0.2, 0.25) is 11.8 Å². The van der Waals surface area contributed by atoms with E-state index in [0.29, 0.717) is 24.9 Å². The second-order valence-electron chi connectivity index (χ2n) is 5.25. The number of hydrogen-bond acceptors (Lipinski definition) is 3. The first-order valence-corrected chi connectivity index (χ1v) is 7.59. The second-order valence-corrected chi connectivity index (χ2v) is 6.11. The van der Waals surface area contributed by atoms with Gasteiger partial charge in [0.05, 0.1) is 17.6 Å². The van der Waals surface area contributed by atoms with Gasteiger partial charge >= 0.3 is 0 Å². The van der Waals surface area contributed by atoms with Crippen molar-refractivity contribution in [3.8, 4) is 5.88 Å². The maximum atomic E-state index is 12.1. The largest absolute Gasteiger partial charge is 0.470 e. The average molecular weight is 325 g/mol. The van der Waals surface area contributed by atoms with E-state index in [9.17, 15) is 4.79 Å². The van der Waals surface area contributed by atoms with Gasteiger partial charge in [-0.3, -0.25) is 4.79 Å². The molecule has 3 rings (SSSR count). The first kappa shape index (κ1) is 12.9. The van der Waals surface area contributed by atoms with Gasteiger partial charge in [0, 0.05) is 12.1 Å². The molecule has 4 nitrogen and oxygen atoms in total. The van der Waals surface area contributed by atoms with Crippen molar-refractivity contribution in [1.82, 2.24) is 9.88 Å². The van der Waals surface area contributed by atoms with E-state index in [2.05, 4.69) is 20.9 Å². The van der Waals surface area contributed by atoms with Gasteiger partial charge in [0.25, 0.3) is 0 Å². The van der Waals surface area contributed by atoms with Gasteiger partial charge in [0.1, 0.15) is 6.10 Å². The number of halogens is 1. The molecule has 1 aliphatic heterocycles. The van der Waals surface area contributed by atoms with E-state index in [1.807, 2.05) is 17.0 Å². The van der Waals surface area contributed by atoms with Crippen molar-refractivity contribution in [1.29, 1.82) is 0 Å². The number of hydrogen-bond donors (Lipinski definition) is 0. The van der Waals surface area contributed by atoms with Crippen molar-refractivity contribution in [2.75, 3.05) is 13.1 Å². The molecule has 1 saturated heterocycles. The molecule has 19 heavy (non-hydrogen) atoms. The van der Waals surface area contributed by atoms with Gasteiger partial charge in [-0.1, -0.05) is 12.8 Å². The first-order valence-electron chi connectivity index (χ1n) is 6.80. The monoisotopic (exact) mass is 324 g/mol. The summed E-state index contributed by atoms with van der Waals surface area (Å²) in [5.41, 5.74) is 0. The van der Waals surface area contributed by atoms with Crippen molar-refractivity contribution < 1.29 is 9.53 Å². The van der Waals surface area contributed by atoms with E-state index in [-0.39, 0.29) is 12.0 Å². The zero-order valence-electron chi connectivity index (χ0n) is 10.7. The predicted octanol–water partition coefficient (Wildman–Crippen LogP) is 2.62. The summed E-state index contributed by atoms with van der Waals surface area (Å²) in [4.78, 5) is 18.2. The Kier molecular flexibility index (Phi) is 3.73. The Morgan fingerprint density at radius 3 is 2.79 bits per heavy atom. The zero-order valence-corrected chi connectivity index (χ0v) is 12.3. The standard InChI is InChI=1S/C14H17BrN2O2/c15-12-6-3-7-16-13(12)19-11-8-17(9-11)14(18)10-4-1-2-5-10/h3,6-7,10-11H,1-2,4-5,8-9H2. The molecule has 1 aliphatic carbocycles. The number of aromatic nitrogens is 1. The molecule has 1 saturated carbocycles. The zero-order chi connectivity index (χ0) is 13.2. The topological polar surface area (TPSA) is 42.4 Å². The Morgan fingerprint density at radius 1 is 1.37 bits per heavy atom. The molecule has 1 aromatic heterocycles. The normalized spacial score (nSPS) is 20.4. The minimum absolute atomic E-state index is 0.0801. The smallest absolute Gasteiger partial charge is 0.228 e. The summed E-state index contributed by atoms with van der Waals surface area (Å²) in [6.45, 7) is 1.39. The number of likely N-dealkylation sites (tertiary alicyclic amines) is 1. The van der Waals surface area contributed by atoms with Crippen molar-refractivity contribution in [3.05, 3.63) is 22.8 Å². The summed E-state index contributed by atoms with van der Waals surface area (Å²) < 4.78 is 6.63. The molecule has 0 unspecified atom stereocenters. The lowest BCUT2D eigenvalue weighted by Crippen LogP contribution is -2.57. The van der Waals surface area contributed by atoms with Gasteiger partial charge < -0.3 is 9.64 Å². The van der Waals surface area contributed by atoms with Gasteiger partial charge in [-0.15, -0.1) is 0 Å². The molecule has 5 heteroatoms. The third-order valence-corrected chi connectivity index (χ3v) is 4.47. The van der Waals surface area contributed by atoms with E-state index >= 15 is 0 Å². The van der Waals surface area contributed by atoms with Crippen molar-refractivity contribution in [2.45, 2.75) is 31.8 Å². The third kappa shape index (κ3) is 2.76. The average Bonchev–Trinajstić information content (AvgIpc) is 2.88. The van der Waals surface area contributed by atoms with Crippen LogP contribution in [0, 0.1) is 5.92 Å². The highest BCUT2D eigenvalue weighted by molar-refractivity contribution is 9.10. The summed E-state index contributed by atoms with van der Waals surface area (Å²) in [6.07, 6.45) is 6.31. The molecule has 0 radical (unpaired) electrons. The molecule has 102 valence electrons. The fourth-order valence-electron chi connectivity index (χ4n) is 2.74. The van der Waals surface area contributed by atoms with E-state index < -0.39 is 0 Å². The lowest BCUT2D eigenvalue weighted by Gasteiger charge is -2.40. The van der Waals surface area contributed by atoms with Gasteiger partial charge in [-0.25, -0.2) is 4.98 Å². The van der Waals surface area contributed by atoms with Crippen LogP contribution < -0.4 is 4.74 Å². The number of carbonyl (C=O) groups is 1. The molecule has 0 spiro atoms. The van der Waals surface area contributed by atoms with Crippen LogP contribution >= 0.6 is 15.9 Å². The number of ether oxygens (including phenoxy) is 1. The van der Waals surface area contributed by atoms with E-state index in [1.165, 1.54) is 12.8 Å². The molecule has 1 aromatic rings. The molecule has 0 aromatic carbocycles. The van der Waals surface area contributed by atoms with E-state index in [4.69, 9.17) is 4.74 Å². The lowest BCUT2D eigenvalue weighted by atomic mass is 10.0. The van der Waals surface area contributed by atoms with Crippen molar-refractivity contribution in [2.24, 2.45) is 5.92 Å². The number of pyridine rings is 1. The Balaban J connectivity index is 1.50. The Morgan fingerprint density at radius 2 is 2.11 bits per heavy atom. The SMILES string of the molecule is O=C(C1CCCC1)N1CC(Oc2ncccc2Br)C1. The van der Waals surface area contributed by atoms with Crippen LogP contribution in [0.15, 0.2) is 22.8 Å². The Bertz CT molecular complexity index is 468. The van der Waals surface area contributed by atoms with Crippen molar-refractivity contribution in [3.63, 3.8) is 0 Å². The highest BCUT2D eigenvalue weighted by Gasteiger charge is 2.36. The summed E-state index contributed by atoms with van der Waals surface area (Å²) in [5.74, 6) is 1.19. The second kappa shape index (κ2) is 5.49. The van der Waals surface area contributed by atoms with E-state index in [1.54, 1.807) is 6.20 Å². The summed E-state index contributed by atoms with van der Waals surface area (Å²) in [6, 6.07) is 3.76. The number of rotatable bonds is 3. The lowest BCUT2D eigenvalue weighted by molar-refractivity contribution is -0.144. The summed E-state index contributed by atoms with van der Waals surface area (Å²) in [5, 5.41) is 0. The molecular formula is C14H17BrN2O2. The van der Waals surface area contributed by atoms with Crippen LogP contribution in [0.5, 0.6) is 5.88 Å². The van der Waals surface area contributed by atoms with Crippen LogP contribution in [0.3, 0.4) is 0 Å². The molecule has 1 amide bonds. The Labute approximate surface area is 121 Å². The van der Waals surface area contributed by atoms with E-state index in [0.717, 1.165) is 17.3 Å².